The maximum Gasteiger partial charge on any atom is 0.300 e. The van der Waals surface area contributed by atoms with E-state index in [-0.39, 0.29) is 17.4 Å². The zero-order valence-corrected chi connectivity index (χ0v) is 22.9. The molecule has 0 spiro atoms. The second-order valence-corrected chi connectivity index (χ2v) is 10.0. The Morgan fingerprint density at radius 2 is 1.65 bits per heavy atom. The summed E-state index contributed by atoms with van der Waals surface area (Å²) in [6.07, 6.45) is 0.000200. The molecule has 37 heavy (non-hydrogen) atoms. The summed E-state index contributed by atoms with van der Waals surface area (Å²) in [7, 11) is 5.39. The van der Waals surface area contributed by atoms with Gasteiger partial charge in [0.2, 0.25) is 0 Å². The molecule has 1 fully saturated rings. The summed E-state index contributed by atoms with van der Waals surface area (Å²) < 4.78 is 11.7. The van der Waals surface area contributed by atoms with Gasteiger partial charge in [0.05, 0.1) is 29.3 Å². The van der Waals surface area contributed by atoms with Gasteiger partial charge in [-0.1, -0.05) is 12.1 Å². The number of benzene rings is 3. The van der Waals surface area contributed by atoms with E-state index in [0.717, 1.165) is 5.69 Å². The lowest BCUT2D eigenvalue weighted by Gasteiger charge is -2.26. The van der Waals surface area contributed by atoms with Crippen molar-refractivity contribution in [1.29, 1.82) is 0 Å². The number of rotatable bonds is 7. The lowest BCUT2D eigenvalue weighted by molar-refractivity contribution is -0.132. The Balaban J connectivity index is 1.88. The van der Waals surface area contributed by atoms with E-state index in [4.69, 9.17) is 9.47 Å². The Bertz CT molecular complexity index is 1350. The Morgan fingerprint density at radius 3 is 2.19 bits per heavy atom. The van der Waals surface area contributed by atoms with Crippen LogP contribution < -0.4 is 19.3 Å². The van der Waals surface area contributed by atoms with Crippen LogP contribution in [0, 0.1) is 0 Å². The first-order chi connectivity index (χ1) is 17.6. The first kappa shape index (κ1) is 26.3. The topological polar surface area (TPSA) is 79.3 Å². The summed E-state index contributed by atoms with van der Waals surface area (Å²) in [5.41, 5.74) is 2.57. The largest absolute Gasteiger partial charge is 0.507 e. The number of ketones is 1. The normalized spacial score (nSPS) is 16.8. The number of methoxy groups -OCH3 is 1. The number of aliphatic hydroxyl groups is 1. The highest BCUT2D eigenvalue weighted by atomic mass is 79.9. The van der Waals surface area contributed by atoms with Crippen LogP contribution >= 0.6 is 15.9 Å². The number of ether oxygens (including phenoxy) is 2. The number of aliphatic hydroxyl groups excluding tert-OH is 1. The van der Waals surface area contributed by atoms with Crippen LogP contribution in [0.15, 0.2) is 76.8 Å². The highest BCUT2D eigenvalue weighted by Gasteiger charge is 2.47. The van der Waals surface area contributed by atoms with E-state index in [9.17, 15) is 14.7 Å². The Labute approximate surface area is 225 Å². The molecule has 1 unspecified atom stereocenters. The monoisotopic (exact) mass is 564 g/mol. The summed E-state index contributed by atoms with van der Waals surface area (Å²) in [5, 5.41) is 11.4. The van der Waals surface area contributed by atoms with Gasteiger partial charge in [-0.2, -0.15) is 0 Å². The minimum atomic E-state index is -0.834. The average Bonchev–Trinajstić information content (AvgIpc) is 3.14. The molecule has 192 valence electrons. The quantitative estimate of drug-likeness (QED) is 0.217. The maximum atomic E-state index is 13.4. The van der Waals surface area contributed by atoms with Crippen molar-refractivity contribution >= 4 is 44.8 Å². The molecule has 1 atom stereocenters. The van der Waals surface area contributed by atoms with Crippen molar-refractivity contribution in [3.63, 3.8) is 0 Å². The predicted octanol–water partition coefficient (Wildman–Crippen LogP) is 5.94. The lowest BCUT2D eigenvalue weighted by atomic mass is 9.95. The second kappa shape index (κ2) is 10.7. The zero-order chi connectivity index (χ0) is 26.9. The maximum absolute atomic E-state index is 13.4. The molecular weight excluding hydrogens is 536 g/mol. The SMILES string of the molecule is COc1ccc(/C(O)=C2/C(=O)C(=O)N(c3ccc(N(C)C)cc3)C2c2ccc(OC(C)C)cc2)cc1Br. The number of anilines is 2. The molecule has 3 aromatic carbocycles. The number of carbonyl (C=O) groups is 2. The van der Waals surface area contributed by atoms with Crippen LogP contribution in [0.25, 0.3) is 5.76 Å². The van der Waals surface area contributed by atoms with Crippen molar-refractivity contribution in [2.75, 3.05) is 31.0 Å². The molecule has 1 N–H and O–H groups in total. The van der Waals surface area contributed by atoms with Crippen molar-refractivity contribution in [1.82, 2.24) is 0 Å². The van der Waals surface area contributed by atoms with E-state index in [1.807, 2.05) is 57.1 Å². The number of hydrogen-bond acceptors (Lipinski definition) is 6. The molecule has 0 bridgehead atoms. The van der Waals surface area contributed by atoms with E-state index in [0.29, 0.717) is 32.8 Å². The first-order valence-corrected chi connectivity index (χ1v) is 12.6. The van der Waals surface area contributed by atoms with Crippen molar-refractivity contribution in [3.05, 3.63) is 87.9 Å². The molecule has 7 nitrogen and oxygen atoms in total. The third-order valence-electron chi connectivity index (χ3n) is 6.08. The van der Waals surface area contributed by atoms with Crippen molar-refractivity contribution in [3.8, 4) is 11.5 Å². The number of halogens is 1. The molecule has 1 saturated heterocycles. The van der Waals surface area contributed by atoms with Gasteiger partial charge < -0.3 is 19.5 Å². The van der Waals surface area contributed by atoms with Crippen LogP contribution in [-0.2, 0) is 9.59 Å². The van der Waals surface area contributed by atoms with Crippen LogP contribution in [0.3, 0.4) is 0 Å². The van der Waals surface area contributed by atoms with E-state index in [1.165, 1.54) is 4.90 Å². The summed E-state index contributed by atoms with van der Waals surface area (Å²) >= 11 is 3.43. The fourth-order valence-electron chi connectivity index (χ4n) is 4.30. The third-order valence-corrected chi connectivity index (χ3v) is 6.70. The van der Waals surface area contributed by atoms with Gasteiger partial charge in [-0.25, -0.2) is 0 Å². The summed E-state index contributed by atoms with van der Waals surface area (Å²) in [4.78, 5) is 30.2. The number of amides is 1. The van der Waals surface area contributed by atoms with Crippen LogP contribution in [0.5, 0.6) is 11.5 Å². The summed E-state index contributed by atoms with van der Waals surface area (Å²) in [6.45, 7) is 3.88. The summed E-state index contributed by atoms with van der Waals surface area (Å²) in [5.74, 6) is -0.477. The Kier molecular flexibility index (Phi) is 7.59. The van der Waals surface area contributed by atoms with E-state index < -0.39 is 17.7 Å². The molecule has 8 heteroatoms. The minimum Gasteiger partial charge on any atom is -0.507 e. The van der Waals surface area contributed by atoms with Gasteiger partial charge in [0.1, 0.15) is 17.3 Å². The Morgan fingerprint density at radius 1 is 1.00 bits per heavy atom. The fourth-order valence-corrected chi connectivity index (χ4v) is 4.84. The van der Waals surface area contributed by atoms with Gasteiger partial charge in [0.25, 0.3) is 11.7 Å². The van der Waals surface area contributed by atoms with E-state index >= 15 is 0 Å². The molecular formula is C29H29BrN2O5. The molecule has 0 aliphatic carbocycles. The third kappa shape index (κ3) is 5.20. The van der Waals surface area contributed by atoms with Crippen molar-refractivity contribution in [2.24, 2.45) is 0 Å². The predicted molar refractivity (Wildman–Crippen MR) is 148 cm³/mol. The van der Waals surface area contributed by atoms with Crippen molar-refractivity contribution in [2.45, 2.75) is 26.0 Å². The molecule has 3 aromatic rings. The van der Waals surface area contributed by atoms with E-state index in [1.54, 1.807) is 49.6 Å². The second-order valence-electron chi connectivity index (χ2n) is 9.16. The number of carbonyl (C=O) groups excluding carboxylic acids is 2. The molecule has 1 aliphatic rings. The molecule has 0 aromatic heterocycles. The van der Waals surface area contributed by atoms with Gasteiger partial charge in [-0.3, -0.25) is 14.5 Å². The van der Waals surface area contributed by atoms with Gasteiger partial charge in [0, 0.05) is 31.0 Å². The van der Waals surface area contributed by atoms with Gasteiger partial charge in [0.15, 0.2) is 0 Å². The smallest absolute Gasteiger partial charge is 0.300 e. The van der Waals surface area contributed by atoms with Crippen LogP contribution in [0.2, 0.25) is 0 Å². The van der Waals surface area contributed by atoms with E-state index in [2.05, 4.69) is 15.9 Å². The van der Waals surface area contributed by atoms with Gasteiger partial charge in [-0.05, 0) is 89.9 Å². The molecule has 1 aliphatic heterocycles. The van der Waals surface area contributed by atoms with Crippen LogP contribution in [0.1, 0.15) is 31.0 Å². The molecule has 0 saturated carbocycles. The Hall–Kier alpha value is -3.78. The highest BCUT2D eigenvalue weighted by Crippen LogP contribution is 2.43. The average molecular weight is 565 g/mol. The van der Waals surface area contributed by atoms with Crippen LogP contribution in [0.4, 0.5) is 11.4 Å². The van der Waals surface area contributed by atoms with Crippen molar-refractivity contribution < 1.29 is 24.2 Å². The molecule has 4 rings (SSSR count). The molecule has 0 radical (unpaired) electrons. The lowest BCUT2D eigenvalue weighted by Crippen LogP contribution is -2.29. The fraction of sp³-hybridized carbons (Fsp3) is 0.241. The standard InChI is InChI=1S/C29H29BrN2O5/c1-17(2)37-22-13-6-18(7-14-22)26-25(27(33)19-8-15-24(36-5)23(30)16-19)28(34)29(35)32(26)21-11-9-20(10-12-21)31(3)4/h6-17,26,33H,1-5H3/b27-25-. The minimum absolute atomic E-state index is 0.000200. The number of Topliss-reactive ketones (excluding diaryl/α,β-unsaturated/α-hetero) is 1. The number of hydrogen-bond donors (Lipinski definition) is 1. The zero-order valence-electron chi connectivity index (χ0n) is 21.4. The highest BCUT2D eigenvalue weighted by molar-refractivity contribution is 9.10. The van der Waals surface area contributed by atoms with Gasteiger partial charge >= 0.3 is 0 Å². The first-order valence-electron chi connectivity index (χ1n) is 11.8. The molecule has 1 amide bonds. The number of nitrogens with zero attached hydrogens (tertiary/aromatic N) is 2. The summed E-state index contributed by atoms with van der Waals surface area (Å²) in [6, 6.07) is 18.7. The van der Waals surface area contributed by atoms with Gasteiger partial charge in [-0.15, -0.1) is 0 Å². The van der Waals surface area contributed by atoms with Crippen LogP contribution in [-0.4, -0.2) is 44.1 Å². The molecule has 1 heterocycles.